The molecule has 0 amide bonds. The lowest BCUT2D eigenvalue weighted by Gasteiger charge is -2.37. The molecule has 1 fully saturated rings. The van der Waals surface area contributed by atoms with Gasteiger partial charge in [0.1, 0.15) is 5.82 Å². The Morgan fingerprint density at radius 3 is 2.59 bits per heavy atom. The third-order valence-electron chi connectivity index (χ3n) is 6.41. The molecule has 0 saturated carbocycles. The minimum Gasteiger partial charge on any atom is -0.354 e. The summed E-state index contributed by atoms with van der Waals surface area (Å²) in [6.45, 7) is 8.30. The van der Waals surface area contributed by atoms with Gasteiger partial charge in [-0.25, -0.2) is 9.97 Å². The highest BCUT2D eigenvalue weighted by atomic mass is 16.1. The van der Waals surface area contributed by atoms with Crippen molar-refractivity contribution in [2.24, 2.45) is 7.05 Å². The van der Waals surface area contributed by atoms with Crippen LogP contribution >= 0.6 is 0 Å². The second-order valence-electron chi connectivity index (χ2n) is 9.09. The van der Waals surface area contributed by atoms with Crippen LogP contribution in [0.5, 0.6) is 0 Å². The van der Waals surface area contributed by atoms with Gasteiger partial charge in [-0.2, -0.15) is 5.10 Å². The number of carbonyl (C=O) groups is 1. The van der Waals surface area contributed by atoms with Gasteiger partial charge in [-0.3, -0.25) is 19.4 Å². The van der Waals surface area contributed by atoms with Crippen molar-refractivity contribution in [1.82, 2.24) is 29.6 Å². The molecule has 5 heterocycles. The second kappa shape index (κ2) is 9.30. The van der Waals surface area contributed by atoms with Gasteiger partial charge in [0, 0.05) is 74.4 Å². The zero-order chi connectivity index (χ0) is 23.7. The van der Waals surface area contributed by atoms with Gasteiger partial charge >= 0.3 is 0 Å². The van der Waals surface area contributed by atoms with E-state index < -0.39 is 0 Å². The van der Waals surface area contributed by atoms with Gasteiger partial charge in [-0.15, -0.1) is 0 Å². The van der Waals surface area contributed by atoms with Gasteiger partial charge < -0.3 is 4.90 Å². The molecule has 0 spiro atoms. The Bertz CT molecular complexity index is 1320. The summed E-state index contributed by atoms with van der Waals surface area (Å²) in [7, 11) is 1.88. The van der Waals surface area contributed by atoms with E-state index in [2.05, 4.69) is 38.7 Å². The molecule has 0 radical (unpaired) electrons. The molecular formula is C26H29N7O. The van der Waals surface area contributed by atoms with Crippen LogP contribution in [0, 0.1) is 0 Å². The first-order chi connectivity index (χ1) is 16.5. The molecule has 34 heavy (non-hydrogen) atoms. The average molecular weight is 456 g/mol. The van der Waals surface area contributed by atoms with Crippen molar-refractivity contribution in [2.45, 2.75) is 26.3 Å². The molecule has 0 atom stereocenters. The Hall–Kier alpha value is -3.65. The summed E-state index contributed by atoms with van der Waals surface area (Å²) >= 11 is 0. The zero-order valence-corrected chi connectivity index (χ0v) is 19.8. The zero-order valence-electron chi connectivity index (χ0n) is 19.8. The monoisotopic (exact) mass is 455 g/mol. The number of aryl methyl sites for hydroxylation is 1. The predicted molar refractivity (Wildman–Crippen MR) is 133 cm³/mol. The van der Waals surface area contributed by atoms with Crippen LogP contribution in [0.2, 0.25) is 0 Å². The fraction of sp³-hybridized carbons (Fsp3) is 0.346. The Morgan fingerprint density at radius 1 is 1.03 bits per heavy atom. The van der Waals surface area contributed by atoms with Crippen LogP contribution < -0.4 is 4.90 Å². The summed E-state index contributed by atoms with van der Waals surface area (Å²) in [6.07, 6.45) is 7.46. The van der Waals surface area contributed by atoms with Gasteiger partial charge in [0.05, 0.1) is 29.5 Å². The largest absolute Gasteiger partial charge is 0.354 e. The SMILES string of the molecule is CC(C)N1CCN(c2cc(C(=O)Cc3cc4nc(-c5cnn(C)c5)ccc4cn3)ccn2)CC1. The van der Waals surface area contributed by atoms with Crippen LogP contribution in [0.4, 0.5) is 5.82 Å². The molecule has 1 saturated heterocycles. The van der Waals surface area contributed by atoms with E-state index in [-0.39, 0.29) is 12.2 Å². The number of nitrogens with zero attached hydrogens (tertiary/aromatic N) is 7. The number of rotatable bonds is 6. The lowest BCUT2D eigenvalue weighted by molar-refractivity contribution is 0.0992. The molecule has 0 unspecified atom stereocenters. The molecule has 8 heteroatoms. The maximum Gasteiger partial charge on any atom is 0.169 e. The second-order valence-corrected chi connectivity index (χ2v) is 9.09. The fourth-order valence-corrected chi connectivity index (χ4v) is 4.37. The van der Waals surface area contributed by atoms with Gasteiger partial charge in [-0.1, -0.05) is 0 Å². The highest BCUT2D eigenvalue weighted by molar-refractivity contribution is 5.98. The van der Waals surface area contributed by atoms with Crippen molar-refractivity contribution in [2.75, 3.05) is 31.1 Å². The quantitative estimate of drug-likeness (QED) is 0.412. The number of piperazine rings is 1. The van der Waals surface area contributed by atoms with Crippen LogP contribution in [0.25, 0.3) is 22.2 Å². The average Bonchev–Trinajstić information content (AvgIpc) is 3.30. The Morgan fingerprint density at radius 2 is 1.85 bits per heavy atom. The van der Waals surface area contributed by atoms with Crippen LogP contribution in [0.1, 0.15) is 29.9 Å². The van der Waals surface area contributed by atoms with Crippen LogP contribution in [0.3, 0.4) is 0 Å². The van der Waals surface area contributed by atoms with Gasteiger partial charge in [0.2, 0.25) is 0 Å². The first-order valence-electron chi connectivity index (χ1n) is 11.7. The van der Waals surface area contributed by atoms with E-state index in [1.165, 1.54) is 0 Å². The molecule has 1 aliphatic heterocycles. The summed E-state index contributed by atoms with van der Waals surface area (Å²) in [5.41, 5.74) is 3.99. The third-order valence-corrected chi connectivity index (χ3v) is 6.41. The molecule has 0 aliphatic carbocycles. The molecule has 4 aromatic rings. The van der Waals surface area contributed by atoms with E-state index in [0.29, 0.717) is 17.3 Å². The number of aromatic nitrogens is 5. The number of hydrogen-bond donors (Lipinski definition) is 0. The smallest absolute Gasteiger partial charge is 0.169 e. The standard InChI is InChI=1S/C26H29N7O/c1-18(2)32-8-10-33(11-9-32)26-12-19(6-7-27-26)25(34)14-22-13-24-20(15-28-22)4-5-23(30-24)21-16-29-31(3)17-21/h4-7,12-13,15-18H,8-11,14H2,1-3H3. The minimum atomic E-state index is 0.0275. The van der Waals surface area contributed by atoms with Crippen molar-refractivity contribution in [1.29, 1.82) is 0 Å². The topological polar surface area (TPSA) is 80.0 Å². The van der Waals surface area contributed by atoms with Crippen LogP contribution in [-0.4, -0.2) is 67.6 Å². The summed E-state index contributed by atoms with van der Waals surface area (Å²) in [6, 6.07) is 10.1. The molecule has 1 aliphatic rings. The molecule has 0 N–H and O–H groups in total. The first-order valence-corrected chi connectivity index (χ1v) is 11.7. The van der Waals surface area contributed by atoms with Crippen molar-refractivity contribution < 1.29 is 4.79 Å². The maximum absolute atomic E-state index is 13.1. The predicted octanol–water partition coefficient (Wildman–Crippen LogP) is 3.38. The van der Waals surface area contributed by atoms with E-state index in [1.54, 1.807) is 29.3 Å². The van der Waals surface area contributed by atoms with E-state index >= 15 is 0 Å². The lowest BCUT2D eigenvalue weighted by Crippen LogP contribution is -2.49. The van der Waals surface area contributed by atoms with Gasteiger partial charge in [0.25, 0.3) is 0 Å². The Kier molecular flexibility index (Phi) is 6.06. The van der Waals surface area contributed by atoms with Gasteiger partial charge in [-0.05, 0) is 44.2 Å². The normalized spacial score (nSPS) is 14.8. The molecule has 0 aromatic carbocycles. The minimum absolute atomic E-state index is 0.0275. The summed E-state index contributed by atoms with van der Waals surface area (Å²) in [5, 5.41) is 5.16. The molecule has 0 bridgehead atoms. The summed E-state index contributed by atoms with van der Waals surface area (Å²) in [5.74, 6) is 0.892. The van der Waals surface area contributed by atoms with E-state index in [4.69, 9.17) is 4.98 Å². The number of hydrogen-bond acceptors (Lipinski definition) is 7. The maximum atomic E-state index is 13.1. The Labute approximate surface area is 199 Å². The molecule has 174 valence electrons. The summed E-state index contributed by atoms with van der Waals surface area (Å²) in [4.78, 5) is 31.6. The number of carbonyl (C=O) groups excluding carboxylic acids is 1. The van der Waals surface area contributed by atoms with Crippen molar-refractivity contribution in [3.8, 4) is 11.3 Å². The van der Waals surface area contributed by atoms with E-state index in [9.17, 15) is 4.79 Å². The van der Waals surface area contributed by atoms with Crippen molar-refractivity contribution in [3.05, 3.63) is 66.4 Å². The molecule has 4 aromatic heterocycles. The molecular weight excluding hydrogens is 426 g/mol. The van der Waals surface area contributed by atoms with Crippen molar-refractivity contribution >= 4 is 22.5 Å². The number of pyridine rings is 3. The lowest BCUT2D eigenvalue weighted by atomic mass is 10.1. The third kappa shape index (κ3) is 4.68. The van der Waals surface area contributed by atoms with Crippen LogP contribution in [-0.2, 0) is 13.5 Å². The van der Waals surface area contributed by atoms with E-state index in [1.807, 2.05) is 37.5 Å². The highest BCUT2D eigenvalue weighted by Gasteiger charge is 2.20. The number of fused-ring (bicyclic) bond motifs is 1. The fourth-order valence-electron chi connectivity index (χ4n) is 4.37. The van der Waals surface area contributed by atoms with Crippen molar-refractivity contribution in [3.63, 3.8) is 0 Å². The molecule has 8 nitrogen and oxygen atoms in total. The van der Waals surface area contributed by atoms with Gasteiger partial charge in [0.15, 0.2) is 5.78 Å². The number of Topliss-reactive ketones (excluding diaryl/α,β-unsaturated/α-hetero) is 1. The highest BCUT2D eigenvalue weighted by Crippen LogP contribution is 2.22. The van der Waals surface area contributed by atoms with Crippen LogP contribution in [0.15, 0.2) is 55.1 Å². The first kappa shape index (κ1) is 22.2. The number of ketones is 1. The summed E-state index contributed by atoms with van der Waals surface area (Å²) < 4.78 is 1.76. The molecule has 5 rings (SSSR count). The number of anilines is 1. The Balaban J connectivity index is 1.32. The van der Waals surface area contributed by atoms with E-state index in [0.717, 1.165) is 54.2 Å².